The highest BCUT2D eigenvalue weighted by Crippen LogP contribution is 2.46. The van der Waals surface area contributed by atoms with E-state index in [9.17, 15) is 0 Å². The fraction of sp³-hybridized carbons (Fsp3) is 0.435. The molecule has 1 saturated carbocycles. The van der Waals surface area contributed by atoms with Crippen molar-refractivity contribution in [2.75, 3.05) is 18.0 Å². The third-order valence-corrected chi connectivity index (χ3v) is 6.34. The van der Waals surface area contributed by atoms with Crippen LogP contribution in [-0.2, 0) is 5.60 Å². The van der Waals surface area contributed by atoms with Crippen molar-refractivity contribution in [1.29, 1.82) is 5.26 Å². The second-order valence-electron chi connectivity index (χ2n) is 8.05. The molecular formula is C23H25ClFN3O. The van der Waals surface area contributed by atoms with Gasteiger partial charge in [0.15, 0.2) is 5.82 Å². The summed E-state index contributed by atoms with van der Waals surface area (Å²) in [5.74, 6) is 0.255. The summed E-state index contributed by atoms with van der Waals surface area (Å²) in [4.78, 5) is 2.05. The topological polar surface area (TPSA) is 62.3 Å². The van der Waals surface area contributed by atoms with Crippen LogP contribution in [0.4, 0.5) is 10.1 Å². The van der Waals surface area contributed by atoms with E-state index in [2.05, 4.69) is 6.07 Å². The van der Waals surface area contributed by atoms with Crippen LogP contribution in [-0.4, -0.2) is 19.1 Å². The van der Waals surface area contributed by atoms with Gasteiger partial charge >= 0.3 is 0 Å². The van der Waals surface area contributed by atoms with Crippen molar-refractivity contribution in [3.63, 3.8) is 0 Å². The number of nitrogens with zero attached hydrogens (tertiary/aromatic N) is 2. The second-order valence-corrected chi connectivity index (χ2v) is 8.45. The molecule has 2 aromatic rings. The molecule has 0 radical (unpaired) electrons. The number of ether oxygens (including phenoxy) is 1. The van der Waals surface area contributed by atoms with E-state index >= 15 is 4.39 Å². The number of rotatable bonds is 4. The molecule has 2 N–H and O–H groups in total. The molecule has 1 aliphatic carbocycles. The van der Waals surface area contributed by atoms with Gasteiger partial charge in [-0.1, -0.05) is 23.7 Å². The smallest absolute Gasteiger partial charge is 0.153 e. The Morgan fingerprint density at radius 2 is 2.00 bits per heavy atom. The van der Waals surface area contributed by atoms with Gasteiger partial charge in [-0.05, 0) is 62.8 Å². The Morgan fingerprint density at radius 1 is 1.21 bits per heavy atom. The van der Waals surface area contributed by atoms with Crippen LogP contribution in [0.15, 0.2) is 36.4 Å². The number of anilines is 1. The normalized spacial score (nSPS) is 21.0. The molecule has 152 valence electrons. The zero-order valence-electron chi connectivity index (χ0n) is 16.3. The summed E-state index contributed by atoms with van der Waals surface area (Å²) in [7, 11) is 0. The van der Waals surface area contributed by atoms with Crippen molar-refractivity contribution in [3.05, 3.63) is 58.4 Å². The van der Waals surface area contributed by atoms with Gasteiger partial charge in [-0.25, -0.2) is 4.39 Å². The van der Waals surface area contributed by atoms with Crippen LogP contribution in [0.25, 0.3) is 0 Å². The summed E-state index contributed by atoms with van der Waals surface area (Å²) >= 11 is 6.35. The van der Waals surface area contributed by atoms with Crippen molar-refractivity contribution in [3.8, 4) is 11.8 Å². The van der Waals surface area contributed by atoms with Gasteiger partial charge in [-0.2, -0.15) is 5.26 Å². The molecule has 1 saturated heterocycles. The van der Waals surface area contributed by atoms with E-state index in [0.29, 0.717) is 34.1 Å². The Balaban J connectivity index is 1.70. The van der Waals surface area contributed by atoms with Crippen LogP contribution in [0.3, 0.4) is 0 Å². The number of nitriles is 1. The number of nitrogens with two attached hydrogens (primary N) is 1. The van der Waals surface area contributed by atoms with Gasteiger partial charge in [0.05, 0.1) is 22.3 Å². The number of benzene rings is 2. The van der Waals surface area contributed by atoms with Crippen molar-refractivity contribution < 1.29 is 9.13 Å². The van der Waals surface area contributed by atoms with Crippen LogP contribution in [0, 0.1) is 17.1 Å². The van der Waals surface area contributed by atoms with Crippen LogP contribution >= 0.6 is 11.6 Å². The fourth-order valence-electron chi connectivity index (χ4n) is 4.58. The molecule has 2 aliphatic rings. The molecule has 0 aromatic heterocycles. The second kappa shape index (κ2) is 8.22. The van der Waals surface area contributed by atoms with E-state index in [4.69, 9.17) is 27.3 Å². The standard InChI is InChI=1S/C23H25ClFN3O/c24-19-13-16(14-26)8-9-21(19)29-23(10-1-2-11-23)18-6-3-7-20(22(18)25)28-12-4-5-17(27)15-28/h3,6-9,13,17H,1-2,4-5,10-12,15,27H2. The number of halogens is 2. The van der Waals surface area contributed by atoms with E-state index in [1.165, 1.54) is 0 Å². The first-order chi connectivity index (χ1) is 14.0. The van der Waals surface area contributed by atoms with Crippen molar-refractivity contribution in [2.45, 2.75) is 50.2 Å². The zero-order valence-corrected chi connectivity index (χ0v) is 17.1. The summed E-state index contributed by atoms with van der Waals surface area (Å²) in [5, 5.41) is 9.43. The Hall–Kier alpha value is -2.29. The molecule has 0 spiro atoms. The van der Waals surface area contributed by atoms with Crippen LogP contribution in [0.2, 0.25) is 5.02 Å². The maximum absolute atomic E-state index is 15.8. The maximum atomic E-state index is 15.8. The first-order valence-electron chi connectivity index (χ1n) is 10.2. The lowest BCUT2D eigenvalue weighted by molar-refractivity contribution is 0.0701. The highest BCUT2D eigenvalue weighted by molar-refractivity contribution is 6.32. The molecule has 1 aliphatic heterocycles. The van der Waals surface area contributed by atoms with Gasteiger partial charge in [0, 0.05) is 24.7 Å². The average molecular weight is 414 g/mol. The third kappa shape index (κ3) is 3.92. The van der Waals surface area contributed by atoms with Crippen LogP contribution < -0.4 is 15.4 Å². The minimum absolute atomic E-state index is 0.0703. The van der Waals surface area contributed by atoms with Gasteiger partial charge in [-0.3, -0.25) is 0 Å². The molecule has 2 fully saturated rings. The van der Waals surface area contributed by atoms with E-state index < -0.39 is 5.60 Å². The van der Waals surface area contributed by atoms with Gasteiger partial charge in [0.25, 0.3) is 0 Å². The molecule has 6 heteroatoms. The lowest BCUT2D eigenvalue weighted by atomic mass is 9.90. The molecule has 1 unspecified atom stereocenters. The highest BCUT2D eigenvalue weighted by atomic mass is 35.5. The lowest BCUT2D eigenvalue weighted by Gasteiger charge is -2.36. The van der Waals surface area contributed by atoms with Gasteiger partial charge in [0.1, 0.15) is 11.4 Å². The average Bonchev–Trinajstić information content (AvgIpc) is 3.19. The van der Waals surface area contributed by atoms with E-state index in [-0.39, 0.29) is 11.9 Å². The SMILES string of the molecule is N#Cc1ccc(OC2(c3cccc(N4CCCC(N)C4)c3F)CCCC2)c(Cl)c1. The number of piperidine rings is 1. The summed E-state index contributed by atoms with van der Waals surface area (Å²) < 4.78 is 22.2. The molecule has 2 aromatic carbocycles. The van der Waals surface area contributed by atoms with Gasteiger partial charge in [-0.15, -0.1) is 0 Å². The maximum Gasteiger partial charge on any atom is 0.153 e. The summed E-state index contributed by atoms with van der Waals surface area (Å²) in [6.07, 6.45) is 5.32. The molecule has 4 nitrogen and oxygen atoms in total. The lowest BCUT2D eigenvalue weighted by Crippen LogP contribution is -2.43. The van der Waals surface area contributed by atoms with E-state index in [1.807, 2.05) is 23.1 Å². The number of hydrogen-bond acceptors (Lipinski definition) is 4. The molecule has 29 heavy (non-hydrogen) atoms. The minimum Gasteiger partial charge on any atom is -0.481 e. The third-order valence-electron chi connectivity index (χ3n) is 6.05. The molecule has 1 heterocycles. The highest BCUT2D eigenvalue weighted by Gasteiger charge is 2.41. The predicted molar refractivity (Wildman–Crippen MR) is 113 cm³/mol. The quantitative estimate of drug-likeness (QED) is 0.755. The van der Waals surface area contributed by atoms with Crippen LogP contribution in [0.5, 0.6) is 5.75 Å². The summed E-state index contributed by atoms with van der Waals surface area (Å²) in [6, 6.07) is 12.7. The molecule has 1 atom stereocenters. The van der Waals surface area contributed by atoms with Gasteiger partial charge < -0.3 is 15.4 Å². The van der Waals surface area contributed by atoms with Crippen molar-refractivity contribution in [1.82, 2.24) is 0 Å². The molecular weight excluding hydrogens is 389 g/mol. The Kier molecular flexibility index (Phi) is 5.67. The fourth-order valence-corrected chi connectivity index (χ4v) is 4.80. The van der Waals surface area contributed by atoms with E-state index in [0.717, 1.165) is 45.1 Å². The van der Waals surface area contributed by atoms with Crippen molar-refractivity contribution in [2.24, 2.45) is 5.73 Å². The van der Waals surface area contributed by atoms with E-state index in [1.54, 1.807) is 18.2 Å². The molecule has 0 bridgehead atoms. The molecule has 4 rings (SSSR count). The summed E-state index contributed by atoms with van der Waals surface area (Å²) in [5.41, 5.74) is 7.00. The predicted octanol–water partition coefficient (Wildman–Crippen LogP) is 5.13. The largest absolute Gasteiger partial charge is 0.481 e. The zero-order chi connectivity index (χ0) is 20.4. The minimum atomic E-state index is -0.754. The molecule has 0 amide bonds. The first-order valence-corrected chi connectivity index (χ1v) is 10.6. The first kappa shape index (κ1) is 20.0. The van der Waals surface area contributed by atoms with Crippen molar-refractivity contribution >= 4 is 17.3 Å². The number of hydrogen-bond donors (Lipinski definition) is 1. The van der Waals surface area contributed by atoms with Gasteiger partial charge in [0.2, 0.25) is 0 Å². The Labute approximate surface area is 176 Å². The summed E-state index contributed by atoms with van der Waals surface area (Å²) in [6.45, 7) is 1.47. The van der Waals surface area contributed by atoms with Crippen LogP contribution in [0.1, 0.15) is 49.7 Å². The Bertz CT molecular complexity index is 936. The Morgan fingerprint density at radius 3 is 2.69 bits per heavy atom. The monoisotopic (exact) mass is 413 g/mol.